The van der Waals surface area contributed by atoms with Crippen molar-refractivity contribution >= 4 is 76.0 Å². The number of fused-ring (bicyclic) bond motifs is 1. The summed E-state index contributed by atoms with van der Waals surface area (Å²) in [5.74, 6) is -12.3. The number of phenolic OH excluding ortho intramolecular Hbond substituents is 1. The van der Waals surface area contributed by atoms with Crippen LogP contribution >= 0.6 is 0 Å². The van der Waals surface area contributed by atoms with Gasteiger partial charge in [0, 0.05) is 36.5 Å². The average molecular weight is 1110 g/mol. The number of benzene rings is 2. The van der Waals surface area contributed by atoms with E-state index in [4.69, 9.17) is 5.73 Å². The van der Waals surface area contributed by atoms with Crippen molar-refractivity contribution in [3.05, 3.63) is 65.9 Å². The molecular weight excluding hydrogens is 1040 g/mol. The highest BCUT2D eigenvalue weighted by atomic mass is 16.4. The van der Waals surface area contributed by atoms with Gasteiger partial charge in [-0.15, -0.1) is 0 Å². The van der Waals surface area contributed by atoms with Gasteiger partial charge in [0.15, 0.2) is 6.04 Å². The molecule has 2 aromatic carbocycles. The fourth-order valence-electron chi connectivity index (χ4n) is 8.46. The quantitative estimate of drug-likeness (QED) is 0.0314. The van der Waals surface area contributed by atoms with E-state index < -0.39 is 151 Å². The van der Waals surface area contributed by atoms with Crippen molar-refractivity contribution in [3.8, 4) is 5.75 Å². The number of H-pyrrole nitrogens is 1. The zero-order valence-electron chi connectivity index (χ0n) is 44.2. The van der Waals surface area contributed by atoms with Gasteiger partial charge in [0.1, 0.15) is 48.0 Å². The van der Waals surface area contributed by atoms with Crippen molar-refractivity contribution in [1.29, 1.82) is 0 Å². The van der Waals surface area contributed by atoms with Gasteiger partial charge in [-0.1, -0.05) is 50.6 Å². The summed E-state index contributed by atoms with van der Waals surface area (Å²) in [5, 5.41) is 79.0. The Morgan fingerprint density at radius 2 is 1.29 bits per heavy atom. The van der Waals surface area contributed by atoms with Gasteiger partial charge >= 0.3 is 11.9 Å². The number of carboxylic acids is 2. The number of aromatic amines is 1. The Morgan fingerprint density at radius 3 is 1.90 bits per heavy atom. The van der Waals surface area contributed by atoms with Crippen molar-refractivity contribution in [2.45, 2.75) is 140 Å². The Hall–Kier alpha value is -8.21. The Labute approximate surface area is 453 Å². The molecule has 0 spiro atoms. The van der Waals surface area contributed by atoms with E-state index in [-0.39, 0.29) is 43.9 Å². The van der Waals surface area contributed by atoms with Gasteiger partial charge in [0.2, 0.25) is 53.2 Å². The summed E-state index contributed by atoms with van der Waals surface area (Å²) in [5.41, 5.74) is 7.79. The van der Waals surface area contributed by atoms with Crippen LogP contribution in [-0.4, -0.2) is 192 Å². The number of nitrogens with two attached hydrogens (primary N) is 1. The monoisotopic (exact) mass is 1110 g/mol. The molecule has 28 nitrogen and oxygen atoms in total. The fraction of sp³-hybridized carbons (Fsp3) is 0.510. The number of carbonyl (C=O) groups excluding carboxylic acids is 9. The lowest BCUT2D eigenvalue weighted by Crippen LogP contribution is -2.60. The van der Waals surface area contributed by atoms with Crippen molar-refractivity contribution in [2.75, 3.05) is 19.7 Å². The molecule has 79 heavy (non-hydrogen) atoms. The average Bonchev–Trinajstić information content (AvgIpc) is 4.09. The van der Waals surface area contributed by atoms with Gasteiger partial charge in [-0.05, 0) is 68.9 Å². The molecule has 0 unspecified atom stereocenters. The molecular formula is C51H71N11O17. The zero-order chi connectivity index (χ0) is 58.8. The van der Waals surface area contributed by atoms with Gasteiger partial charge in [0.05, 0.1) is 37.8 Å². The Balaban J connectivity index is 1.39. The second-order valence-electron chi connectivity index (χ2n) is 19.4. The van der Waals surface area contributed by atoms with Crippen molar-refractivity contribution < 1.29 is 83.4 Å². The lowest BCUT2D eigenvalue weighted by molar-refractivity contribution is -0.145. The van der Waals surface area contributed by atoms with Crippen molar-refractivity contribution in [2.24, 2.45) is 11.7 Å². The minimum absolute atomic E-state index is 0.0259. The molecule has 0 radical (unpaired) electrons. The number of nitrogens with zero attached hydrogens (tertiary/aromatic N) is 1. The van der Waals surface area contributed by atoms with Gasteiger partial charge in [-0.2, -0.15) is 0 Å². The highest BCUT2D eigenvalue weighted by molar-refractivity contribution is 5.99. The molecule has 432 valence electrons. The summed E-state index contributed by atoms with van der Waals surface area (Å²) < 4.78 is 0. The number of aromatic nitrogens is 1. The maximum absolute atomic E-state index is 13.8. The normalized spacial score (nSPS) is 17.3. The lowest BCUT2D eigenvalue weighted by Gasteiger charge is -2.29. The second kappa shape index (κ2) is 29.5. The van der Waals surface area contributed by atoms with E-state index in [2.05, 4.69) is 47.5 Å². The number of carboxylic acid groups (broad SMARTS) is 2. The molecule has 28 heteroatoms. The summed E-state index contributed by atoms with van der Waals surface area (Å²) in [6, 6.07) is -0.912. The highest BCUT2D eigenvalue weighted by Crippen LogP contribution is 2.21. The predicted octanol–water partition coefficient (Wildman–Crippen LogP) is -4.13. The third kappa shape index (κ3) is 18.2. The summed E-state index contributed by atoms with van der Waals surface area (Å²) in [7, 11) is 0. The molecule has 1 fully saturated rings. The number of amides is 9. The lowest BCUT2D eigenvalue weighted by atomic mass is 9.98. The van der Waals surface area contributed by atoms with Crippen LogP contribution in [0.5, 0.6) is 5.75 Å². The molecule has 1 aliphatic rings. The van der Waals surface area contributed by atoms with Crippen LogP contribution < -0.4 is 48.3 Å². The van der Waals surface area contributed by atoms with E-state index in [1.54, 1.807) is 37.4 Å². The molecule has 4 rings (SSSR count). The summed E-state index contributed by atoms with van der Waals surface area (Å²) in [6.45, 7) is 5.16. The number of carbonyl (C=O) groups is 11. The number of rotatable bonds is 29. The van der Waals surface area contributed by atoms with Crippen LogP contribution in [0.3, 0.4) is 0 Å². The number of aliphatic hydroxyl groups excluding tert-OH is 3. The number of aliphatic carboxylic acids is 2. The van der Waals surface area contributed by atoms with E-state index in [1.807, 2.05) is 6.92 Å². The number of aliphatic hydroxyl groups is 3. The summed E-state index contributed by atoms with van der Waals surface area (Å²) >= 11 is 0. The van der Waals surface area contributed by atoms with Gasteiger partial charge in [-0.3, -0.25) is 47.9 Å². The molecule has 1 aliphatic heterocycles. The van der Waals surface area contributed by atoms with Crippen LogP contribution in [-0.2, 0) is 65.6 Å². The molecule has 0 saturated carbocycles. The zero-order valence-corrected chi connectivity index (χ0v) is 44.2. The molecule has 12 atom stereocenters. The minimum Gasteiger partial charge on any atom is -0.508 e. The molecule has 17 N–H and O–H groups in total. The smallest absolute Gasteiger partial charge is 0.328 e. The van der Waals surface area contributed by atoms with E-state index in [0.29, 0.717) is 28.5 Å². The SMILES string of the molecule is CC[C@H](C)[C@H](N)C(=O)N[C@@H](Cc1ccc(O)cc1)C(=O)N[C@@H](CO)C(=O)N[C@@H](C)C(=O)N1CCC[C@H]1C(=O)N[C@@H](CC(=O)O)C(=O)NCC(=O)N[C@H](C(=O)N[C@@H](Cc1c[nH]c2ccccc12)C(=O)N[C@H](C(=O)O)[C@@H](C)O)[C@@H](C)O. The van der Waals surface area contributed by atoms with E-state index in [0.717, 1.165) is 18.7 Å². The number of aromatic hydroxyl groups is 1. The maximum atomic E-state index is 13.8. The van der Waals surface area contributed by atoms with Crippen LogP contribution in [0.1, 0.15) is 71.4 Å². The Morgan fingerprint density at radius 1 is 0.696 bits per heavy atom. The standard InChI is InChI=1S/C51H71N11O17/c1-6-24(2)40(52)48(75)57-33(18-28-13-15-30(66)16-14-28)44(71)59-36(23-63)46(73)55-25(3)50(77)62-17-9-12-37(62)47(74)56-35(20-39(68)69)43(70)54-22-38(67)60-41(26(4)64)49(76)58-34(45(72)61-42(27(5)65)51(78)79)19-29-21-53-32-11-8-7-10-31(29)32/h7-8,10-11,13-16,21,24-27,33-37,40-42,53,63-66H,6,9,12,17-20,22-23,52H2,1-5H3,(H,54,70)(H,55,73)(H,56,74)(H,57,75)(H,58,76)(H,59,71)(H,60,67)(H,61,72)(H,68,69)(H,78,79)/t24-,25-,26+,27+,33-,34-,35-,36-,37-,40-,41-,42-/m0/s1. The molecule has 0 aliphatic carbocycles. The molecule has 0 bridgehead atoms. The number of para-hydroxylation sites is 1. The topological polar surface area (TPSA) is 450 Å². The molecule has 1 aromatic heterocycles. The van der Waals surface area contributed by atoms with E-state index >= 15 is 0 Å². The van der Waals surface area contributed by atoms with Crippen LogP contribution in [0.15, 0.2) is 54.7 Å². The first-order valence-corrected chi connectivity index (χ1v) is 25.5. The summed E-state index contributed by atoms with van der Waals surface area (Å²) in [6.07, 6.45) is -2.17. The molecule has 2 heterocycles. The van der Waals surface area contributed by atoms with Crippen molar-refractivity contribution in [1.82, 2.24) is 52.4 Å². The molecule has 3 aromatic rings. The Kier molecular flexibility index (Phi) is 23.7. The van der Waals surface area contributed by atoms with Crippen LogP contribution in [0.2, 0.25) is 0 Å². The largest absolute Gasteiger partial charge is 0.508 e. The summed E-state index contributed by atoms with van der Waals surface area (Å²) in [4.78, 5) is 149. The number of hydrogen-bond acceptors (Lipinski definition) is 16. The second-order valence-corrected chi connectivity index (χ2v) is 19.4. The Bertz CT molecular complexity index is 2680. The minimum atomic E-state index is -1.84. The number of nitrogens with one attached hydrogen (secondary N) is 9. The number of phenols is 1. The van der Waals surface area contributed by atoms with Crippen LogP contribution in [0, 0.1) is 5.92 Å². The molecule has 9 amide bonds. The van der Waals surface area contributed by atoms with Crippen LogP contribution in [0.4, 0.5) is 0 Å². The van der Waals surface area contributed by atoms with E-state index in [9.17, 15) is 83.4 Å². The highest BCUT2D eigenvalue weighted by Gasteiger charge is 2.40. The predicted molar refractivity (Wildman–Crippen MR) is 279 cm³/mol. The third-order valence-corrected chi connectivity index (χ3v) is 13.2. The van der Waals surface area contributed by atoms with Gasteiger partial charge in [-0.25, -0.2) is 4.79 Å². The maximum Gasteiger partial charge on any atom is 0.328 e. The van der Waals surface area contributed by atoms with Gasteiger partial charge < -0.3 is 88.8 Å². The molecule has 1 saturated heterocycles. The van der Waals surface area contributed by atoms with Crippen LogP contribution in [0.25, 0.3) is 10.9 Å². The first-order chi connectivity index (χ1) is 37.3. The van der Waals surface area contributed by atoms with Gasteiger partial charge in [0.25, 0.3) is 0 Å². The van der Waals surface area contributed by atoms with E-state index in [1.165, 1.54) is 31.2 Å². The number of likely N-dealkylation sites (tertiary alicyclic amines) is 1. The fourth-order valence-corrected chi connectivity index (χ4v) is 8.46. The third-order valence-electron chi connectivity index (χ3n) is 13.2. The number of hydrogen-bond donors (Lipinski definition) is 16. The first-order valence-electron chi connectivity index (χ1n) is 25.5. The first kappa shape index (κ1) is 63.3. The van der Waals surface area contributed by atoms with Crippen molar-refractivity contribution in [3.63, 3.8) is 0 Å².